The van der Waals surface area contributed by atoms with Gasteiger partial charge in [0.25, 0.3) is 17.4 Å². The molecule has 1 aliphatic heterocycles. The molecule has 1 aliphatic rings. The molecule has 7 nitrogen and oxygen atoms in total. The molecule has 160 valence electrons. The van der Waals surface area contributed by atoms with Crippen LogP contribution in [0.5, 0.6) is 0 Å². The molecule has 0 N–H and O–H groups in total. The van der Waals surface area contributed by atoms with E-state index in [1.54, 1.807) is 42.0 Å². The molecule has 0 radical (unpaired) electrons. The van der Waals surface area contributed by atoms with E-state index in [0.29, 0.717) is 52.5 Å². The van der Waals surface area contributed by atoms with Gasteiger partial charge in [-0.2, -0.15) is 0 Å². The molecule has 31 heavy (non-hydrogen) atoms. The van der Waals surface area contributed by atoms with Crippen molar-refractivity contribution in [1.82, 2.24) is 14.5 Å². The van der Waals surface area contributed by atoms with Gasteiger partial charge in [0.1, 0.15) is 0 Å². The fourth-order valence-corrected chi connectivity index (χ4v) is 4.78. The highest BCUT2D eigenvalue weighted by atomic mass is 32.2. The molecule has 4 rings (SSSR count). The lowest BCUT2D eigenvalue weighted by Crippen LogP contribution is -2.31. The third kappa shape index (κ3) is 4.00. The Morgan fingerprint density at radius 2 is 1.65 bits per heavy atom. The summed E-state index contributed by atoms with van der Waals surface area (Å²) in [6.07, 6.45) is 0.595. The lowest BCUT2D eigenvalue weighted by molar-refractivity contribution is 0.0655. The second-order valence-electron chi connectivity index (χ2n) is 7.40. The molecule has 1 unspecified atom stereocenters. The van der Waals surface area contributed by atoms with E-state index < -0.39 is 0 Å². The summed E-state index contributed by atoms with van der Waals surface area (Å²) in [6, 6.07) is 14.0. The van der Waals surface area contributed by atoms with E-state index in [9.17, 15) is 14.4 Å². The molecule has 0 saturated heterocycles. The molecule has 3 aromatic rings. The first-order chi connectivity index (χ1) is 15.0. The normalized spacial score (nSPS) is 14.3. The van der Waals surface area contributed by atoms with Crippen molar-refractivity contribution in [1.29, 1.82) is 0 Å². The van der Waals surface area contributed by atoms with Gasteiger partial charge in [-0.05, 0) is 37.6 Å². The molecule has 0 fully saturated rings. The molecular weight excluding hydrogens is 414 g/mol. The first-order valence-electron chi connectivity index (χ1n) is 10.1. The van der Waals surface area contributed by atoms with Crippen LogP contribution < -0.4 is 5.56 Å². The number of imide groups is 1. The van der Waals surface area contributed by atoms with Crippen LogP contribution in [0.4, 0.5) is 0 Å². The summed E-state index contributed by atoms with van der Waals surface area (Å²) in [5.41, 5.74) is 1.46. The van der Waals surface area contributed by atoms with Crippen molar-refractivity contribution < 1.29 is 14.3 Å². The summed E-state index contributed by atoms with van der Waals surface area (Å²) < 4.78 is 6.91. The first-order valence-corrected chi connectivity index (χ1v) is 11.1. The minimum absolute atomic E-state index is 0.0991. The molecule has 0 bridgehead atoms. The average Bonchev–Trinajstić information content (AvgIpc) is 3.02. The van der Waals surface area contributed by atoms with Crippen LogP contribution in [0.25, 0.3) is 10.9 Å². The SMILES string of the molecule is COCC(C)n1c(SCCCN2C(=O)c3ccccc3C2=O)nc2ccccc2c1=O. The highest BCUT2D eigenvalue weighted by Gasteiger charge is 2.34. The number of para-hydroxylation sites is 1. The van der Waals surface area contributed by atoms with Crippen LogP contribution in [0, 0.1) is 0 Å². The quantitative estimate of drug-likeness (QED) is 0.233. The monoisotopic (exact) mass is 437 g/mol. The summed E-state index contributed by atoms with van der Waals surface area (Å²) >= 11 is 1.45. The van der Waals surface area contributed by atoms with Crippen molar-refractivity contribution in [3.05, 3.63) is 70.0 Å². The number of nitrogens with zero attached hydrogens (tertiary/aromatic N) is 3. The Balaban J connectivity index is 1.49. The van der Waals surface area contributed by atoms with Crippen LogP contribution in [0.15, 0.2) is 58.5 Å². The number of fused-ring (bicyclic) bond motifs is 2. The molecule has 1 atom stereocenters. The Kier molecular flexibility index (Phi) is 6.20. The third-order valence-corrected chi connectivity index (χ3v) is 6.30. The molecular formula is C23H23N3O4S. The number of carbonyl (C=O) groups excluding carboxylic acids is 2. The number of aromatic nitrogens is 2. The van der Waals surface area contributed by atoms with Gasteiger partial charge < -0.3 is 4.74 Å². The number of rotatable bonds is 8. The number of amides is 2. The number of thioether (sulfide) groups is 1. The van der Waals surface area contributed by atoms with Crippen molar-refractivity contribution in [2.45, 2.75) is 24.5 Å². The largest absolute Gasteiger partial charge is 0.383 e. The topological polar surface area (TPSA) is 81.5 Å². The fourth-order valence-electron chi connectivity index (χ4n) is 3.76. The van der Waals surface area contributed by atoms with E-state index in [0.717, 1.165) is 0 Å². The highest BCUT2D eigenvalue weighted by Crippen LogP contribution is 2.25. The zero-order chi connectivity index (χ0) is 22.0. The second-order valence-corrected chi connectivity index (χ2v) is 8.46. The molecule has 8 heteroatoms. The first kappa shape index (κ1) is 21.3. The van der Waals surface area contributed by atoms with Gasteiger partial charge in [-0.3, -0.25) is 23.9 Å². The Morgan fingerprint density at radius 3 is 2.32 bits per heavy atom. The number of carbonyl (C=O) groups is 2. The van der Waals surface area contributed by atoms with Gasteiger partial charge in [-0.15, -0.1) is 0 Å². The number of benzene rings is 2. The minimum Gasteiger partial charge on any atom is -0.383 e. The van der Waals surface area contributed by atoms with E-state index >= 15 is 0 Å². The Bertz CT molecular complexity index is 1170. The maximum atomic E-state index is 13.1. The Morgan fingerprint density at radius 1 is 1.00 bits per heavy atom. The number of hydrogen-bond donors (Lipinski definition) is 0. The van der Waals surface area contributed by atoms with Crippen molar-refractivity contribution in [3.8, 4) is 0 Å². The van der Waals surface area contributed by atoms with E-state index in [2.05, 4.69) is 0 Å². The molecule has 2 heterocycles. The summed E-state index contributed by atoms with van der Waals surface area (Å²) in [5.74, 6) is 0.109. The van der Waals surface area contributed by atoms with Crippen LogP contribution in [-0.2, 0) is 4.74 Å². The van der Waals surface area contributed by atoms with Crippen molar-refractivity contribution in [3.63, 3.8) is 0 Å². The van der Waals surface area contributed by atoms with Gasteiger partial charge >= 0.3 is 0 Å². The molecule has 0 aliphatic carbocycles. The third-order valence-electron chi connectivity index (χ3n) is 5.26. The molecule has 2 aromatic carbocycles. The zero-order valence-electron chi connectivity index (χ0n) is 17.4. The molecule has 2 amide bonds. The van der Waals surface area contributed by atoms with Crippen LogP contribution in [0.3, 0.4) is 0 Å². The van der Waals surface area contributed by atoms with Gasteiger partial charge in [0.15, 0.2) is 5.16 Å². The molecule has 1 aromatic heterocycles. The van der Waals surface area contributed by atoms with Gasteiger partial charge in [0.05, 0.1) is 34.7 Å². The summed E-state index contributed by atoms with van der Waals surface area (Å²) in [7, 11) is 1.60. The molecule has 0 saturated carbocycles. The van der Waals surface area contributed by atoms with Crippen molar-refractivity contribution >= 4 is 34.5 Å². The van der Waals surface area contributed by atoms with Gasteiger partial charge in [0.2, 0.25) is 0 Å². The van der Waals surface area contributed by atoms with Crippen molar-refractivity contribution in [2.24, 2.45) is 0 Å². The van der Waals surface area contributed by atoms with E-state index in [4.69, 9.17) is 9.72 Å². The fraction of sp³-hybridized carbons (Fsp3) is 0.304. The maximum absolute atomic E-state index is 13.1. The van der Waals surface area contributed by atoms with Crippen LogP contribution in [0.2, 0.25) is 0 Å². The highest BCUT2D eigenvalue weighted by molar-refractivity contribution is 7.99. The number of methoxy groups -OCH3 is 1. The van der Waals surface area contributed by atoms with Crippen LogP contribution in [-0.4, -0.2) is 52.3 Å². The van der Waals surface area contributed by atoms with Crippen LogP contribution >= 0.6 is 11.8 Å². The van der Waals surface area contributed by atoms with Crippen molar-refractivity contribution in [2.75, 3.05) is 26.0 Å². The summed E-state index contributed by atoms with van der Waals surface area (Å²) in [4.78, 5) is 44.1. The predicted octanol–water partition coefficient (Wildman–Crippen LogP) is 3.38. The zero-order valence-corrected chi connectivity index (χ0v) is 18.2. The van der Waals surface area contributed by atoms with Crippen LogP contribution in [0.1, 0.15) is 40.1 Å². The van der Waals surface area contributed by atoms with Gasteiger partial charge in [0, 0.05) is 19.4 Å². The Hall–Kier alpha value is -2.97. The minimum atomic E-state index is -0.250. The summed E-state index contributed by atoms with van der Waals surface area (Å²) in [6.45, 7) is 2.64. The van der Waals surface area contributed by atoms with E-state index in [-0.39, 0.29) is 23.4 Å². The number of hydrogen-bond acceptors (Lipinski definition) is 6. The average molecular weight is 438 g/mol. The maximum Gasteiger partial charge on any atom is 0.262 e. The lowest BCUT2D eigenvalue weighted by atomic mass is 10.1. The van der Waals surface area contributed by atoms with Gasteiger partial charge in [-0.1, -0.05) is 36.0 Å². The van der Waals surface area contributed by atoms with Gasteiger partial charge in [-0.25, -0.2) is 4.98 Å². The van der Waals surface area contributed by atoms with E-state index in [1.807, 2.05) is 25.1 Å². The smallest absolute Gasteiger partial charge is 0.262 e. The molecule has 0 spiro atoms. The van der Waals surface area contributed by atoms with E-state index in [1.165, 1.54) is 16.7 Å². The lowest BCUT2D eigenvalue weighted by Gasteiger charge is -2.19. The number of ether oxygens (including phenoxy) is 1. The predicted molar refractivity (Wildman–Crippen MR) is 120 cm³/mol. The standard InChI is InChI=1S/C23H23N3O4S/c1-15(14-30-2)26-22(29)18-10-5-6-11-19(18)24-23(26)31-13-7-12-25-20(27)16-8-3-4-9-17(16)21(25)28/h3-6,8-11,15H,7,12-14H2,1-2H3. The second kappa shape index (κ2) is 9.03. The Labute approximate surface area is 184 Å². The summed E-state index contributed by atoms with van der Waals surface area (Å²) in [5, 5.41) is 1.18.